The average Bonchev–Trinajstić information content (AvgIpc) is 3.35. The topological polar surface area (TPSA) is 75.9 Å². The molecule has 1 saturated heterocycles. The summed E-state index contributed by atoms with van der Waals surface area (Å²) in [6.07, 6.45) is 9.72. The molecule has 6 nitrogen and oxygen atoms in total. The number of hydrogen-bond donors (Lipinski definition) is 2. The Kier molecular flexibility index (Phi) is 4.03. The normalized spacial score (nSPS) is 16.9. The van der Waals surface area contributed by atoms with Crippen molar-refractivity contribution in [3.05, 3.63) is 61.6 Å². The van der Waals surface area contributed by atoms with Crippen LogP contribution in [-0.2, 0) is 0 Å². The van der Waals surface area contributed by atoms with Gasteiger partial charge in [-0.05, 0) is 36.6 Å². The van der Waals surface area contributed by atoms with Crippen molar-refractivity contribution in [3.8, 4) is 22.7 Å². The number of hydrogen-bond acceptors (Lipinski definition) is 5. The predicted octanol–water partition coefficient (Wildman–Crippen LogP) is 2.66. The van der Waals surface area contributed by atoms with Gasteiger partial charge in [-0.2, -0.15) is 0 Å². The molecule has 2 aromatic heterocycles. The third kappa shape index (κ3) is 3.04. The highest BCUT2D eigenvalue weighted by Gasteiger charge is 2.20. The molecule has 1 fully saturated rings. The highest BCUT2D eigenvalue weighted by Crippen LogP contribution is 2.30. The monoisotopic (exact) mass is 333 g/mol. The van der Waals surface area contributed by atoms with Crippen LogP contribution in [0, 0.1) is 5.92 Å². The quantitative estimate of drug-likeness (QED) is 0.768. The van der Waals surface area contributed by atoms with Gasteiger partial charge < -0.3 is 15.0 Å². The van der Waals surface area contributed by atoms with Crippen molar-refractivity contribution >= 4 is 5.57 Å². The van der Waals surface area contributed by atoms with E-state index in [1.807, 2.05) is 22.9 Å². The van der Waals surface area contributed by atoms with E-state index in [0.29, 0.717) is 17.2 Å². The van der Waals surface area contributed by atoms with Gasteiger partial charge in [0.1, 0.15) is 5.75 Å². The molecule has 2 N–H and O–H groups in total. The van der Waals surface area contributed by atoms with Crippen LogP contribution in [0.1, 0.15) is 12.1 Å². The minimum absolute atomic E-state index is 0.159. The molecule has 0 radical (unpaired) electrons. The van der Waals surface area contributed by atoms with Crippen molar-refractivity contribution in [1.29, 1.82) is 0 Å². The largest absolute Gasteiger partial charge is 0.507 e. The fourth-order valence-corrected chi connectivity index (χ4v) is 3.10. The molecule has 4 rings (SSSR count). The molecule has 3 aromatic rings. The standard InChI is InChI=1S/C19H19N5O/c1-13(14-4-5-20-9-14)17-10-23-18(11-22-17)16-3-2-15(8-19(16)25)24-7-6-21-12-24/h2-3,6-8,10-12,14,20,25H,1,4-5,9H2/t14-/m0/s1. The van der Waals surface area contributed by atoms with Crippen LogP contribution in [0.25, 0.3) is 22.5 Å². The Bertz CT molecular complexity index is 881. The Morgan fingerprint density at radius 2 is 2.20 bits per heavy atom. The lowest BCUT2D eigenvalue weighted by Crippen LogP contribution is -2.10. The molecule has 0 spiro atoms. The molecule has 0 saturated carbocycles. The third-order valence-corrected chi connectivity index (χ3v) is 4.59. The van der Waals surface area contributed by atoms with E-state index < -0.39 is 0 Å². The number of phenolic OH excluding ortho intramolecular Hbond substituents is 1. The Balaban J connectivity index is 1.58. The molecule has 1 aliphatic rings. The van der Waals surface area contributed by atoms with Crippen molar-refractivity contribution in [1.82, 2.24) is 24.8 Å². The van der Waals surface area contributed by atoms with Gasteiger partial charge in [-0.1, -0.05) is 6.58 Å². The molecule has 1 aromatic carbocycles. The zero-order chi connectivity index (χ0) is 17.2. The van der Waals surface area contributed by atoms with Crippen LogP contribution in [0.15, 0.2) is 55.9 Å². The molecule has 0 bridgehead atoms. The van der Waals surface area contributed by atoms with E-state index in [4.69, 9.17) is 0 Å². The minimum atomic E-state index is 0.159. The van der Waals surface area contributed by atoms with Gasteiger partial charge in [-0.3, -0.25) is 9.97 Å². The lowest BCUT2D eigenvalue weighted by molar-refractivity contribution is 0.477. The van der Waals surface area contributed by atoms with Gasteiger partial charge in [0.2, 0.25) is 0 Å². The fraction of sp³-hybridized carbons (Fsp3) is 0.211. The summed E-state index contributed by atoms with van der Waals surface area (Å²) in [6, 6.07) is 5.44. The number of aromatic nitrogens is 4. The van der Waals surface area contributed by atoms with Crippen molar-refractivity contribution in [3.63, 3.8) is 0 Å². The fourth-order valence-electron chi connectivity index (χ4n) is 3.10. The van der Waals surface area contributed by atoms with Crippen LogP contribution in [0.5, 0.6) is 5.75 Å². The predicted molar refractivity (Wildman–Crippen MR) is 96.3 cm³/mol. The second kappa shape index (κ2) is 6.49. The Morgan fingerprint density at radius 1 is 1.28 bits per heavy atom. The van der Waals surface area contributed by atoms with Crippen LogP contribution >= 0.6 is 0 Å². The Hall–Kier alpha value is -2.99. The smallest absolute Gasteiger partial charge is 0.127 e. The van der Waals surface area contributed by atoms with E-state index in [1.54, 1.807) is 31.0 Å². The average molecular weight is 333 g/mol. The second-order valence-corrected chi connectivity index (χ2v) is 6.17. The van der Waals surface area contributed by atoms with E-state index >= 15 is 0 Å². The third-order valence-electron chi connectivity index (χ3n) is 4.59. The van der Waals surface area contributed by atoms with E-state index in [-0.39, 0.29) is 5.75 Å². The van der Waals surface area contributed by atoms with Gasteiger partial charge in [-0.25, -0.2) is 4.98 Å². The minimum Gasteiger partial charge on any atom is -0.507 e. The van der Waals surface area contributed by atoms with Gasteiger partial charge in [0.25, 0.3) is 0 Å². The highest BCUT2D eigenvalue weighted by molar-refractivity contribution is 5.69. The highest BCUT2D eigenvalue weighted by atomic mass is 16.3. The molecular formula is C19H19N5O. The molecule has 25 heavy (non-hydrogen) atoms. The molecule has 1 atom stereocenters. The number of imidazole rings is 1. The van der Waals surface area contributed by atoms with Gasteiger partial charge in [0.15, 0.2) is 0 Å². The van der Waals surface area contributed by atoms with Gasteiger partial charge >= 0.3 is 0 Å². The zero-order valence-corrected chi connectivity index (χ0v) is 13.8. The van der Waals surface area contributed by atoms with Crippen LogP contribution in [0.2, 0.25) is 0 Å². The summed E-state index contributed by atoms with van der Waals surface area (Å²) in [6.45, 7) is 6.13. The van der Waals surface area contributed by atoms with Crippen molar-refractivity contribution in [2.45, 2.75) is 6.42 Å². The van der Waals surface area contributed by atoms with Crippen LogP contribution in [0.3, 0.4) is 0 Å². The first-order valence-corrected chi connectivity index (χ1v) is 8.26. The van der Waals surface area contributed by atoms with Gasteiger partial charge in [0, 0.05) is 30.6 Å². The summed E-state index contributed by atoms with van der Waals surface area (Å²) >= 11 is 0. The first kappa shape index (κ1) is 15.5. The number of phenols is 1. The van der Waals surface area contributed by atoms with E-state index in [2.05, 4.69) is 26.8 Å². The molecule has 126 valence electrons. The summed E-state index contributed by atoms with van der Waals surface area (Å²) in [5.41, 5.74) is 3.95. The molecule has 3 heterocycles. The first-order valence-electron chi connectivity index (χ1n) is 8.26. The molecular weight excluding hydrogens is 314 g/mol. The van der Waals surface area contributed by atoms with Gasteiger partial charge in [0.05, 0.1) is 35.8 Å². The number of nitrogens with one attached hydrogen (secondary N) is 1. The van der Waals surface area contributed by atoms with Crippen LogP contribution in [0.4, 0.5) is 0 Å². The summed E-state index contributed by atoms with van der Waals surface area (Å²) in [7, 11) is 0. The number of nitrogens with zero attached hydrogens (tertiary/aromatic N) is 4. The van der Waals surface area contributed by atoms with Crippen LogP contribution in [-0.4, -0.2) is 37.7 Å². The summed E-state index contributed by atoms with van der Waals surface area (Å²) in [4.78, 5) is 13.0. The van der Waals surface area contributed by atoms with Crippen LogP contribution < -0.4 is 5.32 Å². The Labute approximate surface area is 145 Å². The lowest BCUT2D eigenvalue weighted by atomic mass is 9.97. The number of rotatable bonds is 4. The summed E-state index contributed by atoms with van der Waals surface area (Å²) in [5, 5.41) is 13.7. The second-order valence-electron chi connectivity index (χ2n) is 6.17. The molecule has 0 aliphatic carbocycles. The SMILES string of the molecule is C=C(c1cnc(-c2ccc(-n3ccnc3)cc2O)cn1)[C@H]1CCNC1. The molecule has 6 heteroatoms. The molecule has 1 aliphatic heterocycles. The lowest BCUT2D eigenvalue weighted by Gasteiger charge is -2.12. The van der Waals surface area contributed by atoms with Crippen molar-refractivity contribution in [2.75, 3.05) is 13.1 Å². The first-order chi connectivity index (χ1) is 12.2. The van der Waals surface area contributed by atoms with Gasteiger partial charge in [-0.15, -0.1) is 0 Å². The van der Waals surface area contributed by atoms with E-state index in [0.717, 1.165) is 36.5 Å². The van der Waals surface area contributed by atoms with Crippen molar-refractivity contribution in [2.24, 2.45) is 5.92 Å². The Morgan fingerprint density at radius 3 is 2.84 bits per heavy atom. The number of benzene rings is 1. The van der Waals surface area contributed by atoms with E-state index in [1.165, 1.54) is 0 Å². The number of aromatic hydroxyl groups is 1. The van der Waals surface area contributed by atoms with Crippen molar-refractivity contribution < 1.29 is 5.11 Å². The maximum atomic E-state index is 10.4. The molecule has 0 amide bonds. The maximum Gasteiger partial charge on any atom is 0.127 e. The summed E-state index contributed by atoms with van der Waals surface area (Å²) in [5.74, 6) is 0.579. The molecule has 0 unspecified atom stereocenters. The maximum absolute atomic E-state index is 10.4. The zero-order valence-electron chi connectivity index (χ0n) is 13.8. The van der Waals surface area contributed by atoms with E-state index in [9.17, 15) is 5.11 Å². The summed E-state index contributed by atoms with van der Waals surface area (Å²) < 4.78 is 1.83.